The summed E-state index contributed by atoms with van der Waals surface area (Å²) >= 11 is 0. The Bertz CT molecular complexity index is 980. The standard InChI is InChI=1S/C24H30N2O3/c1-4-15-12-16-13-24(23(28)29-3)21-18(17-7-5-6-8-19(17)25-21)9-10-26(22(15)24)20(16)11-14(2)27/h5-8,15-16,20,22,25H,4,9-13H2,1-3H3. The quantitative estimate of drug-likeness (QED) is 0.805. The first-order valence-electron chi connectivity index (χ1n) is 10.9. The van der Waals surface area contributed by atoms with E-state index in [2.05, 4.69) is 35.0 Å². The Kier molecular flexibility index (Phi) is 4.35. The highest BCUT2D eigenvalue weighted by Gasteiger charge is 2.65. The van der Waals surface area contributed by atoms with Gasteiger partial charge in [0.1, 0.15) is 11.2 Å². The summed E-state index contributed by atoms with van der Waals surface area (Å²) in [6.45, 7) is 4.82. The summed E-state index contributed by atoms with van der Waals surface area (Å²) in [7, 11) is 1.52. The maximum atomic E-state index is 13.5. The molecule has 2 aromatic rings. The number of nitrogens with one attached hydrogen (secondary N) is 1. The minimum Gasteiger partial charge on any atom is -0.468 e. The van der Waals surface area contributed by atoms with Crippen LogP contribution in [0.4, 0.5) is 0 Å². The molecule has 0 amide bonds. The average molecular weight is 395 g/mol. The number of ether oxygens (including phenoxy) is 1. The number of para-hydroxylation sites is 1. The average Bonchev–Trinajstić information content (AvgIpc) is 3.05. The van der Waals surface area contributed by atoms with Crippen molar-refractivity contribution in [2.75, 3.05) is 13.7 Å². The second-order valence-electron chi connectivity index (χ2n) is 9.26. The van der Waals surface area contributed by atoms with Crippen molar-refractivity contribution in [2.45, 2.75) is 63.5 Å². The van der Waals surface area contributed by atoms with Crippen LogP contribution in [0.1, 0.15) is 50.8 Å². The normalized spacial score (nSPS) is 35.2. The zero-order chi connectivity index (χ0) is 20.3. The molecule has 4 aliphatic rings. The molecule has 1 N–H and O–H groups in total. The molecule has 4 heterocycles. The van der Waals surface area contributed by atoms with Crippen LogP contribution >= 0.6 is 0 Å². The lowest BCUT2D eigenvalue weighted by molar-refractivity contribution is -0.169. The zero-order valence-electron chi connectivity index (χ0n) is 17.5. The first-order valence-corrected chi connectivity index (χ1v) is 10.9. The Labute approximate surface area is 171 Å². The van der Waals surface area contributed by atoms with Gasteiger partial charge in [-0.05, 0) is 49.7 Å². The third-order valence-corrected chi connectivity index (χ3v) is 7.92. The number of hydrogen-bond acceptors (Lipinski definition) is 4. The van der Waals surface area contributed by atoms with Gasteiger partial charge in [0.15, 0.2) is 0 Å². The van der Waals surface area contributed by atoms with Crippen molar-refractivity contribution >= 4 is 22.7 Å². The van der Waals surface area contributed by atoms with Crippen LogP contribution in [0.25, 0.3) is 10.9 Å². The molecule has 5 nitrogen and oxygen atoms in total. The molecular weight excluding hydrogens is 364 g/mol. The second kappa shape index (κ2) is 6.69. The number of hydrogen-bond donors (Lipinski definition) is 1. The van der Waals surface area contributed by atoms with Crippen molar-refractivity contribution in [3.63, 3.8) is 0 Å². The van der Waals surface area contributed by atoms with Crippen molar-refractivity contribution in [3.05, 3.63) is 35.5 Å². The van der Waals surface area contributed by atoms with Gasteiger partial charge in [-0.1, -0.05) is 31.5 Å². The van der Waals surface area contributed by atoms with Gasteiger partial charge in [-0.3, -0.25) is 14.5 Å². The second-order valence-corrected chi connectivity index (χ2v) is 9.26. The third-order valence-electron chi connectivity index (χ3n) is 7.92. The van der Waals surface area contributed by atoms with Gasteiger partial charge in [0.05, 0.1) is 7.11 Å². The Morgan fingerprint density at radius 1 is 1.31 bits per heavy atom. The fourth-order valence-corrected chi connectivity index (χ4v) is 6.95. The molecular formula is C24H30N2O3. The number of aromatic amines is 1. The first kappa shape index (κ1) is 18.9. The van der Waals surface area contributed by atoms with Crippen LogP contribution < -0.4 is 0 Å². The summed E-state index contributed by atoms with van der Waals surface area (Å²) in [5, 5.41) is 1.21. The summed E-state index contributed by atoms with van der Waals surface area (Å²) in [5.41, 5.74) is 2.76. The number of H-pyrrole nitrogens is 1. The Hall–Kier alpha value is -2.14. The van der Waals surface area contributed by atoms with Crippen LogP contribution in [-0.4, -0.2) is 47.4 Å². The lowest BCUT2D eigenvalue weighted by Crippen LogP contribution is -2.70. The number of methoxy groups -OCH3 is 1. The molecule has 29 heavy (non-hydrogen) atoms. The van der Waals surface area contributed by atoms with Gasteiger partial charge in [-0.25, -0.2) is 0 Å². The van der Waals surface area contributed by atoms with Crippen LogP contribution in [0.5, 0.6) is 0 Å². The summed E-state index contributed by atoms with van der Waals surface area (Å²) in [5.74, 6) is 0.901. The molecule has 154 valence electrons. The summed E-state index contributed by atoms with van der Waals surface area (Å²) in [4.78, 5) is 31.8. The maximum absolute atomic E-state index is 13.5. The summed E-state index contributed by atoms with van der Waals surface area (Å²) in [6.07, 6.45) is 4.40. The highest BCUT2D eigenvalue weighted by atomic mass is 16.5. The van der Waals surface area contributed by atoms with E-state index in [0.717, 1.165) is 43.4 Å². The smallest absolute Gasteiger partial charge is 0.319 e. The van der Waals surface area contributed by atoms with Gasteiger partial charge in [-0.2, -0.15) is 0 Å². The predicted molar refractivity (Wildman–Crippen MR) is 112 cm³/mol. The molecule has 1 saturated carbocycles. The van der Waals surface area contributed by atoms with Crippen molar-refractivity contribution < 1.29 is 14.3 Å². The number of aromatic nitrogens is 1. The number of esters is 1. The molecule has 6 atom stereocenters. The highest BCUT2D eigenvalue weighted by molar-refractivity contribution is 5.91. The largest absolute Gasteiger partial charge is 0.468 e. The fraction of sp³-hybridized carbons (Fsp3) is 0.583. The number of fused-ring (bicyclic) bond motifs is 4. The number of ketones is 1. The van der Waals surface area contributed by atoms with E-state index < -0.39 is 5.41 Å². The Morgan fingerprint density at radius 3 is 2.83 bits per heavy atom. The lowest BCUT2D eigenvalue weighted by Gasteiger charge is -2.61. The van der Waals surface area contributed by atoms with Gasteiger partial charge in [-0.15, -0.1) is 0 Å². The van der Waals surface area contributed by atoms with Gasteiger partial charge in [0, 0.05) is 41.6 Å². The minimum absolute atomic E-state index is 0.0867. The van der Waals surface area contributed by atoms with E-state index in [-0.39, 0.29) is 23.8 Å². The van der Waals surface area contributed by atoms with E-state index in [4.69, 9.17) is 4.74 Å². The van der Waals surface area contributed by atoms with Gasteiger partial charge < -0.3 is 9.72 Å². The van der Waals surface area contributed by atoms with Crippen LogP contribution in [0.3, 0.4) is 0 Å². The molecule has 5 heteroatoms. The van der Waals surface area contributed by atoms with Crippen LogP contribution in [-0.2, 0) is 26.2 Å². The van der Waals surface area contributed by atoms with Gasteiger partial charge in [0.25, 0.3) is 0 Å². The van der Waals surface area contributed by atoms with E-state index in [9.17, 15) is 9.59 Å². The maximum Gasteiger partial charge on any atom is 0.319 e. The monoisotopic (exact) mass is 394 g/mol. The van der Waals surface area contributed by atoms with Gasteiger partial charge >= 0.3 is 5.97 Å². The molecule has 3 fully saturated rings. The molecule has 0 spiro atoms. The van der Waals surface area contributed by atoms with Crippen molar-refractivity contribution in [3.8, 4) is 0 Å². The minimum atomic E-state index is -0.670. The predicted octanol–water partition coefficient (Wildman–Crippen LogP) is 3.60. The first-order chi connectivity index (χ1) is 14.0. The number of rotatable bonds is 4. The van der Waals surface area contributed by atoms with Crippen molar-refractivity contribution in [1.82, 2.24) is 9.88 Å². The molecule has 4 bridgehead atoms. The molecule has 0 radical (unpaired) electrons. The number of Topliss-reactive ketones (excluding diaryl/α,β-unsaturated/α-hetero) is 1. The number of benzene rings is 1. The van der Waals surface area contributed by atoms with Crippen LogP contribution in [0.15, 0.2) is 24.3 Å². The molecule has 3 aliphatic heterocycles. The Morgan fingerprint density at radius 2 is 2.10 bits per heavy atom. The van der Waals surface area contributed by atoms with Crippen LogP contribution in [0.2, 0.25) is 0 Å². The lowest BCUT2D eigenvalue weighted by atomic mass is 9.54. The SMILES string of the molecule is CCC1CC2CC3(C(=O)OC)c4[nH]c5ccccc5c4CCN(C2CC(C)=O)C13. The zero-order valence-corrected chi connectivity index (χ0v) is 17.5. The molecule has 1 aromatic carbocycles. The fourth-order valence-electron chi connectivity index (χ4n) is 6.95. The number of piperidine rings is 2. The topological polar surface area (TPSA) is 62.4 Å². The van der Waals surface area contributed by atoms with Crippen LogP contribution in [0, 0.1) is 11.8 Å². The van der Waals surface area contributed by atoms with Crippen molar-refractivity contribution in [2.24, 2.45) is 11.8 Å². The van der Waals surface area contributed by atoms with E-state index in [1.165, 1.54) is 18.1 Å². The molecule has 6 unspecified atom stereocenters. The van der Waals surface area contributed by atoms with Crippen molar-refractivity contribution in [1.29, 1.82) is 0 Å². The molecule has 1 aliphatic carbocycles. The third kappa shape index (κ3) is 2.49. The van der Waals surface area contributed by atoms with Gasteiger partial charge in [0.2, 0.25) is 0 Å². The molecule has 1 aromatic heterocycles. The highest BCUT2D eigenvalue weighted by Crippen LogP contribution is 2.57. The van der Waals surface area contributed by atoms with E-state index in [0.29, 0.717) is 18.3 Å². The summed E-state index contributed by atoms with van der Waals surface area (Å²) in [6, 6.07) is 8.70. The number of nitrogens with zero attached hydrogens (tertiary/aromatic N) is 1. The van der Waals surface area contributed by atoms with E-state index in [1.807, 2.05) is 6.07 Å². The number of carbonyl (C=O) groups is 2. The number of carbonyl (C=O) groups excluding carboxylic acids is 2. The molecule has 2 saturated heterocycles. The summed E-state index contributed by atoms with van der Waals surface area (Å²) < 4.78 is 5.48. The van der Waals surface area contributed by atoms with E-state index in [1.54, 1.807) is 6.92 Å². The van der Waals surface area contributed by atoms with E-state index >= 15 is 0 Å². The Balaban J connectivity index is 1.75. The molecule has 6 rings (SSSR count).